The van der Waals surface area contributed by atoms with Crippen molar-refractivity contribution in [1.29, 1.82) is 0 Å². The van der Waals surface area contributed by atoms with Crippen LogP contribution >= 0.6 is 0 Å². The van der Waals surface area contributed by atoms with Gasteiger partial charge < -0.3 is 9.84 Å². The van der Waals surface area contributed by atoms with E-state index in [0.717, 1.165) is 6.42 Å². The van der Waals surface area contributed by atoms with Crippen molar-refractivity contribution >= 4 is 17.6 Å². The standard InChI is InChI=1S/C16H13NO4/c18-14-12-8-5-6-9(7-8)13(12)16(20)17(14)11-4-2-1-3-10(11)15(19)21-16/h1-6,8-9,12-13,20H,7H2/t8-,9-,12+,13+,16+/m0/s1. The molecule has 2 fully saturated rings. The topological polar surface area (TPSA) is 66.8 Å². The Hall–Kier alpha value is -2.14. The fraction of sp³-hybridized carbons (Fsp3) is 0.375. The maximum atomic E-state index is 12.8. The highest BCUT2D eigenvalue weighted by Gasteiger charge is 2.70. The summed E-state index contributed by atoms with van der Waals surface area (Å²) in [5.41, 5.74) is 0.783. The van der Waals surface area contributed by atoms with E-state index in [-0.39, 0.29) is 29.6 Å². The summed E-state index contributed by atoms with van der Waals surface area (Å²) in [4.78, 5) is 26.3. The Labute approximate surface area is 120 Å². The molecule has 2 bridgehead atoms. The zero-order valence-electron chi connectivity index (χ0n) is 11.1. The summed E-state index contributed by atoms with van der Waals surface area (Å²) >= 11 is 0. The van der Waals surface area contributed by atoms with Crippen molar-refractivity contribution in [1.82, 2.24) is 0 Å². The van der Waals surface area contributed by atoms with E-state index in [1.807, 2.05) is 6.08 Å². The highest BCUT2D eigenvalue weighted by Crippen LogP contribution is 2.60. The third-order valence-corrected chi connectivity index (χ3v) is 5.33. The molecule has 1 amide bonds. The van der Waals surface area contributed by atoms with Crippen molar-refractivity contribution in [3.8, 4) is 0 Å². The molecule has 106 valence electrons. The molecule has 0 unspecified atom stereocenters. The normalized spacial score (nSPS) is 41.9. The predicted octanol–water partition coefficient (Wildman–Crippen LogP) is 1.29. The van der Waals surface area contributed by atoms with Gasteiger partial charge in [-0.15, -0.1) is 0 Å². The number of allylic oxidation sites excluding steroid dienone is 2. The molecule has 5 heteroatoms. The maximum Gasteiger partial charge on any atom is 0.344 e. The molecule has 5 nitrogen and oxygen atoms in total. The number of hydrogen-bond acceptors (Lipinski definition) is 4. The molecular formula is C16H13NO4. The first-order valence-electron chi connectivity index (χ1n) is 7.18. The molecule has 4 aliphatic rings. The molecule has 5 atom stereocenters. The summed E-state index contributed by atoms with van der Waals surface area (Å²) in [6, 6.07) is 6.78. The lowest BCUT2D eigenvalue weighted by Crippen LogP contribution is -2.57. The predicted molar refractivity (Wildman–Crippen MR) is 72.0 cm³/mol. The number of esters is 1. The molecule has 0 spiro atoms. The summed E-state index contributed by atoms with van der Waals surface area (Å²) < 4.78 is 5.35. The van der Waals surface area contributed by atoms with Crippen LogP contribution in [0.2, 0.25) is 0 Å². The Morgan fingerprint density at radius 3 is 2.81 bits per heavy atom. The number of carbonyl (C=O) groups excluding carboxylic acids is 2. The third-order valence-electron chi connectivity index (χ3n) is 5.33. The lowest BCUT2D eigenvalue weighted by atomic mass is 9.83. The summed E-state index contributed by atoms with van der Waals surface area (Å²) in [5, 5.41) is 11.0. The van der Waals surface area contributed by atoms with Gasteiger partial charge in [-0.2, -0.15) is 0 Å². The molecule has 2 aliphatic carbocycles. The Kier molecular flexibility index (Phi) is 1.84. The fourth-order valence-corrected chi connectivity index (χ4v) is 4.57. The first-order valence-corrected chi connectivity index (χ1v) is 7.18. The average Bonchev–Trinajstić information content (AvgIpc) is 3.12. The molecule has 1 saturated carbocycles. The number of hydrogen-bond donors (Lipinski definition) is 1. The zero-order valence-corrected chi connectivity index (χ0v) is 11.1. The van der Waals surface area contributed by atoms with Crippen LogP contribution in [0.4, 0.5) is 5.69 Å². The summed E-state index contributed by atoms with van der Waals surface area (Å²) in [7, 11) is 0. The van der Waals surface area contributed by atoms with E-state index in [4.69, 9.17) is 4.74 Å². The van der Waals surface area contributed by atoms with Crippen molar-refractivity contribution in [2.75, 3.05) is 4.90 Å². The number of carbonyl (C=O) groups is 2. The van der Waals surface area contributed by atoms with Gasteiger partial charge >= 0.3 is 11.9 Å². The Morgan fingerprint density at radius 2 is 1.95 bits per heavy atom. The van der Waals surface area contributed by atoms with Crippen LogP contribution in [-0.2, 0) is 9.53 Å². The second-order valence-electron chi connectivity index (χ2n) is 6.24. The van der Waals surface area contributed by atoms with Gasteiger partial charge in [0.15, 0.2) is 0 Å². The number of anilines is 1. The second kappa shape index (κ2) is 3.36. The van der Waals surface area contributed by atoms with Crippen molar-refractivity contribution in [2.45, 2.75) is 12.3 Å². The average molecular weight is 283 g/mol. The largest absolute Gasteiger partial charge is 0.409 e. The van der Waals surface area contributed by atoms with Crippen molar-refractivity contribution in [3.63, 3.8) is 0 Å². The van der Waals surface area contributed by atoms with Gasteiger partial charge in [0.05, 0.1) is 23.1 Å². The van der Waals surface area contributed by atoms with Crippen LogP contribution < -0.4 is 4.90 Å². The molecule has 1 aromatic carbocycles. The van der Waals surface area contributed by atoms with E-state index in [1.165, 1.54) is 4.90 Å². The summed E-state index contributed by atoms with van der Waals surface area (Å²) in [5.74, 6) is -2.95. The Bertz CT molecular complexity index is 727. The molecule has 2 heterocycles. The van der Waals surface area contributed by atoms with Gasteiger partial charge in [0.1, 0.15) is 0 Å². The molecule has 1 N–H and O–H groups in total. The van der Waals surface area contributed by atoms with E-state index in [0.29, 0.717) is 11.3 Å². The number of ether oxygens (including phenoxy) is 1. The van der Waals surface area contributed by atoms with Crippen molar-refractivity contribution in [2.24, 2.45) is 23.7 Å². The van der Waals surface area contributed by atoms with E-state index in [2.05, 4.69) is 6.08 Å². The SMILES string of the molecule is O=C1O[C@]2(O)[C@H]3[C@H](C(=O)N2c2ccccc21)[C@H]1C=C[C@H]3C1. The minimum atomic E-state index is -1.84. The highest BCUT2D eigenvalue weighted by atomic mass is 16.7. The molecule has 21 heavy (non-hydrogen) atoms. The van der Waals surface area contributed by atoms with Gasteiger partial charge in [0.25, 0.3) is 0 Å². The van der Waals surface area contributed by atoms with Crippen LogP contribution in [-0.4, -0.2) is 22.9 Å². The van der Waals surface area contributed by atoms with E-state index in [9.17, 15) is 14.7 Å². The van der Waals surface area contributed by atoms with Gasteiger partial charge in [-0.05, 0) is 30.4 Å². The van der Waals surface area contributed by atoms with E-state index in [1.54, 1.807) is 24.3 Å². The molecule has 2 aliphatic heterocycles. The first-order chi connectivity index (χ1) is 10.1. The van der Waals surface area contributed by atoms with Crippen LogP contribution in [0, 0.1) is 23.7 Å². The Balaban J connectivity index is 1.74. The number of para-hydroxylation sites is 1. The number of aliphatic hydroxyl groups is 1. The molecule has 1 aromatic rings. The molecule has 0 radical (unpaired) electrons. The van der Waals surface area contributed by atoms with E-state index >= 15 is 0 Å². The number of benzene rings is 1. The quantitative estimate of drug-likeness (QED) is 0.575. The minimum Gasteiger partial charge on any atom is -0.409 e. The second-order valence-corrected chi connectivity index (χ2v) is 6.24. The van der Waals surface area contributed by atoms with Gasteiger partial charge in [0, 0.05) is 0 Å². The molecule has 1 saturated heterocycles. The fourth-order valence-electron chi connectivity index (χ4n) is 4.57. The Morgan fingerprint density at radius 1 is 1.19 bits per heavy atom. The van der Waals surface area contributed by atoms with Crippen LogP contribution in [0.3, 0.4) is 0 Å². The van der Waals surface area contributed by atoms with Gasteiger partial charge in [0.2, 0.25) is 5.91 Å². The lowest BCUT2D eigenvalue weighted by Gasteiger charge is -2.41. The zero-order chi connectivity index (χ0) is 14.4. The number of nitrogens with zero attached hydrogens (tertiary/aromatic N) is 1. The third kappa shape index (κ3) is 1.14. The van der Waals surface area contributed by atoms with Crippen LogP contribution in [0.1, 0.15) is 16.8 Å². The maximum absolute atomic E-state index is 12.8. The highest BCUT2D eigenvalue weighted by molar-refractivity contribution is 6.08. The number of rotatable bonds is 0. The van der Waals surface area contributed by atoms with Crippen LogP contribution in [0.25, 0.3) is 0 Å². The first kappa shape index (κ1) is 11.5. The minimum absolute atomic E-state index is 0.0945. The monoisotopic (exact) mass is 283 g/mol. The summed E-state index contributed by atoms with van der Waals surface area (Å²) in [6.07, 6.45) is 4.95. The van der Waals surface area contributed by atoms with Crippen LogP contribution in [0.5, 0.6) is 0 Å². The lowest BCUT2D eigenvalue weighted by molar-refractivity contribution is -0.196. The number of fused-ring (bicyclic) bond motifs is 9. The van der Waals surface area contributed by atoms with Crippen molar-refractivity contribution in [3.05, 3.63) is 42.0 Å². The van der Waals surface area contributed by atoms with Crippen molar-refractivity contribution < 1.29 is 19.4 Å². The molecule has 5 rings (SSSR count). The van der Waals surface area contributed by atoms with Gasteiger partial charge in [-0.1, -0.05) is 24.3 Å². The summed E-state index contributed by atoms with van der Waals surface area (Å²) in [6.45, 7) is 0. The van der Waals surface area contributed by atoms with Crippen LogP contribution in [0.15, 0.2) is 36.4 Å². The van der Waals surface area contributed by atoms with E-state index < -0.39 is 11.9 Å². The smallest absolute Gasteiger partial charge is 0.344 e. The van der Waals surface area contributed by atoms with Gasteiger partial charge in [-0.3, -0.25) is 4.79 Å². The molecule has 0 aromatic heterocycles. The van der Waals surface area contributed by atoms with Gasteiger partial charge in [-0.25, -0.2) is 9.69 Å². The number of amides is 1. The molecular weight excluding hydrogens is 270 g/mol.